The third kappa shape index (κ3) is 1.98. The molecule has 0 amide bonds. The van der Waals surface area contributed by atoms with Gasteiger partial charge in [0.1, 0.15) is 0 Å². The number of hydrogen-bond donors (Lipinski definition) is 0. The Balaban J connectivity index is 1.50. The normalized spacial score (nSPS) is 13.8. The molecule has 0 fully saturated rings. The lowest BCUT2D eigenvalue weighted by atomic mass is 9.87. The predicted molar refractivity (Wildman–Crippen MR) is 210 cm³/mol. The Morgan fingerprint density at radius 3 is 0.958 bits per heavy atom. The molecule has 0 aromatic heterocycles. The van der Waals surface area contributed by atoms with Gasteiger partial charge in [0.25, 0.3) is 0 Å². The first-order valence-corrected chi connectivity index (χ1v) is 17.1. The first-order chi connectivity index (χ1) is 23.9. The van der Waals surface area contributed by atoms with Crippen LogP contribution in [0.3, 0.4) is 0 Å². The summed E-state index contributed by atoms with van der Waals surface area (Å²) >= 11 is 0. The molecule has 0 nitrogen and oxygen atoms in total. The van der Waals surface area contributed by atoms with Gasteiger partial charge in [-0.3, -0.25) is 0 Å². The molecular weight excluding hydrogens is 577 g/mol. The minimum atomic E-state index is 1.34. The Hall–Kier alpha value is -6.24. The minimum absolute atomic E-state index is 1.34. The van der Waals surface area contributed by atoms with E-state index >= 15 is 0 Å². The summed E-state index contributed by atoms with van der Waals surface area (Å²) in [6, 6.07) is 47.1. The Bertz CT molecular complexity index is 3620. The van der Waals surface area contributed by atoms with Gasteiger partial charge < -0.3 is 0 Å². The summed E-state index contributed by atoms with van der Waals surface area (Å²) in [4.78, 5) is 0. The fraction of sp³-hybridized carbons (Fsp3) is 0. The first-order valence-electron chi connectivity index (χ1n) is 17.1. The molecule has 0 radical (unpaired) electrons. The second-order valence-electron chi connectivity index (χ2n) is 14.6. The Labute approximate surface area is 271 Å². The quantitative estimate of drug-likeness (QED) is 0.121. The fourth-order valence-corrected chi connectivity index (χ4v) is 11.4. The zero-order valence-electron chi connectivity index (χ0n) is 25.5. The van der Waals surface area contributed by atoms with Crippen molar-refractivity contribution in [2.75, 3.05) is 0 Å². The highest BCUT2D eigenvalue weighted by atomic mass is 14.3. The van der Waals surface area contributed by atoms with Crippen molar-refractivity contribution in [2.45, 2.75) is 0 Å². The molecule has 0 bridgehead atoms. The summed E-state index contributed by atoms with van der Waals surface area (Å²) in [5, 5.41) is 39.6. The van der Waals surface area contributed by atoms with Crippen LogP contribution >= 0.6 is 0 Å². The van der Waals surface area contributed by atoms with E-state index in [2.05, 4.69) is 121 Å². The molecule has 0 saturated carbocycles. The number of fused-ring (bicyclic) bond motifs is 10. The maximum atomic E-state index is 2.50. The molecule has 48 heavy (non-hydrogen) atoms. The van der Waals surface area contributed by atoms with Crippen LogP contribution in [0.2, 0.25) is 0 Å². The van der Waals surface area contributed by atoms with Gasteiger partial charge in [-0.05, 0) is 163 Å². The lowest BCUT2D eigenvalue weighted by Gasteiger charge is -2.15. The summed E-state index contributed by atoms with van der Waals surface area (Å²) in [5.41, 5.74) is 0. The van der Waals surface area contributed by atoms with Crippen molar-refractivity contribution in [3.8, 4) is 0 Å². The molecule has 0 aliphatic carbocycles. The largest absolute Gasteiger partial charge is 0.0616 e. The molecule has 15 rings (SSSR count). The smallest absolute Gasteiger partial charge is 0.0000249 e. The lowest BCUT2D eigenvalue weighted by molar-refractivity contribution is 1.86. The second kappa shape index (κ2) is 6.74. The van der Waals surface area contributed by atoms with Gasteiger partial charge in [0.2, 0.25) is 0 Å². The molecule has 0 atom stereocenters. The van der Waals surface area contributed by atoms with Crippen LogP contribution in [0.1, 0.15) is 0 Å². The van der Waals surface area contributed by atoms with Crippen molar-refractivity contribution >= 4 is 151 Å². The Kier molecular flexibility index (Phi) is 3.13. The van der Waals surface area contributed by atoms with Crippen LogP contribution in [0.5, 0.6) is 0 Å². The van der Waals surface area contributed by atoms with Crippen LogP contribution in [0.4, 0.5) is 0 Å². The molecule has 0 N–H and O–H groups in total. The van der Waals surface area contributed by atoms with Crippen molar-refractivity contribution in [3.05, 3.63) is 121 Å². The minimum Gasteiger partial charge on any atom is -0.0616 e. The summed E-state index contributed by atoms with van der Waals surface area (Å²) in [6.45, 7) is 0. The summed E-state index contributed by atoms with van der Waals surface area (Å²) in [7, 11) is 0. The Morgan fingerprint density at radius 1 is 0.167 bits per heavy atom. The topological polar surface area (TPSA) is 0 Å². The van der Waals surface area contributed by atoms with Crippen molar-refractivity contribution in [1.29, 1.82) is 0 Å². The van der Waals surface area contributed by atoms with Crippen molar-refractivity contribution < 1.29 is 0 Å². The van der Waals surface area contributed by atoms with Crippen molar-refractivity contribution in [1.82, 2.24) is 0 Å². The van der Waals surface area contributed by atoms with E-state index in [1.165, 1.54) is 151 Å². The van der Waals surface area contributed by atoms with Crippen molar-refractivity contribution in [3.63, 3.8) is 0 Å². The standard InChI is InChI=1S/C48H20/c1-3-11-27-25(9-1)29-17-15-23-19-21-8-6-14-32-34(21)43-45-35(23)37(29)39(27)41-31-13-5-7-22-20-24-16-18-30-26-10-2-4-12-28(26)40-38(30)36(24)46(48(43)42(32)40)44(33(22)31)47(41)45/h1-20H. The zero-order valence-corrected chi connectivity index (χ0v) is 25.5. The highest BCUT2D eigenvalue weighted by Gasteiger charge is 2.32. The second-order valence-corrected chi connectivity index (χ2v) is 14.6. The van der Waals surface area contributed by atoms with Crippen molar-refractivity contribution in [2.24, 2.45) is 0 Å². The van der Waals surface area contributed by atoms with Crippen LogP contribution in [-0.2, 0) is 0 Å². The van der Waals surface area contributed by atoms with E-state index in [9.17, 15) is 0 Å². The molecule has 0 heterocycles. The highest BCUT2D eigenvalue weighted by molar-refractivity contribution is 6.63. The van der Waals surface area contributed by atoms with Crippen LogP contribution in [-0.4, -0.2) is 0 Å². The van der Waals surface area contributed by atoms with Crippen LogP contribution in [0.25, 0.3) is 151 Å². The molecule has 0 unspecified atom stereocenters. The number of rotatable bonds is 0. The van der Waals surface area contributed by atoms with Gasteiger partial charge in [-0.2, -0.15) is 0 Å². The van der Waals surface area contributed by atoms with Crippen LogP contribution < -0.4 is 0 Å². The third-order valence-electron chi connectivity index (χ3n) is 12.8. The van der Waals surface area contributed by atoms with E-state index in [1.54, 1.807) is 0 Å². The first kappa shape index (κ1) is 22.3. The lowest BCUT2D eigenvalue weighted by Crippen LogP contribution is -1.86. The molecule has 15 aromatic rings. The van der Waals surface area contributed by atoms with E-state index in [0.29, 0.717) is 0 Å². The maximum Gasteiger partial charge on any atom is -0.0000249 e. The number of benzene rings is 9. The van der Waals surface area contributed by atoms with Gasteiger partial charge in [0.15, 0.2) is 0 Å². The predicted octanol–water partition coefficient (Wildman–Crippen LogP) is 13.9. The fourth-order valence-electron chi connectivity index (χ4n) is 11.4. The van der Waals surface area contributed by atoms with E-state index in [-0.39, 0.29) is 0 Å². The van der Waals surface area contributed by atoms with Gasteiger partial charge in [-0.25, -0.2) is 0 Å². The molecule has 0 heteroatoms. The summed E-state index contributed by atoms with van der Waals surface area (Å²) in [5.74, 6) is 0. The van der Waals surface area contributed by atoms with E-state index < -0.39 is 0 Å². The monoisotopic (exact) mass is 596 g/mol. The van der Waals surface area contributed by atoms with Crippen LogP contribution in [0.15, 0.2) is 121 Å². The van der Waals surface area contributed by atoms with Gasteiger partial charge >= 0.3 is 0 Å². The molecule has 0 aliphatic heterocycles. The van der Waals surface area contributed by atoms with Gasteiger partial charge in [0.05, 0.1) is 0 Å². The number of hydrogen-bond acceptors (Lipinski definition) is 0. The van der Waals surface area contributed by atoms with Gasteiger partial charge in [-0.1, -0.05) is 109 Å². The SMILES string of the molecule is c1ccc2c(c1)c1ccc3cc4cccc5c4c4c6c3c1c2c1c2cccc3cc7ccc8c9ccccc9c9c8c7c(c(c32)c16)c4c59. The van der Waals surface area contributed by atoms with Gasteiger partial charge in [0, 0.05) is 0 Å². The molecule has 0 saturated heterocycles. The molecule has 0 spiro atoms. The maximum absolute atomic E-state index is 2.50. The molecule has 15 aromatic carbocycles. The summed E-state index contributed by atoms with van der Waals surface area (Å²) < 4.78 is 0. The van der Waals surface area contributed by atoms with Gasteiger partial charge in [-0.15, -0.1) is 0 Å². The highest BCUT2D eigenvalue weighted by Crippen LogP contribution is 2.62. The third-order valence-corrected chi connectivity index (χ3v) is 12.8. The zero-order chi connectivity index (χ0) is 30.3. The average Bonchev–Trinajstić information content (AvgIpc) is 3.79. The average molecular weight is 597 g/mol. The van der Waals surface area contributed by atoms with E-state index in [0.717, 1.165) is 0 Å². The molecule has 212 valence electrons. The van der Waals surface area contributed by atoms with E-state index in [1.807, 2.05) is 0 Å². The summed E-state index contributed by atoms with van der Waals surface area (Å²) in [6.07, 6.45) is 0. The molecular formula is C48H20. The van der Waals surface area contributed by atoms with Crippen LogP contribution in [0, 0.1) is 0 Å². The van der Waals surface area contributed by atoms with E-state index in [4.69, 9.17) is 0 Å². The molecule has 0 aliphatic rings. The Morgan fingerprint density at radius 2 is 0.479 bits per heavy atom.